The molecule has 1 aromatic heterocycles. The third-order valence-electron chi connectivity index (χ3n) is 2.39. The first kappa shape index (κ1) is 13.0. The van der Waals surface area contributed by atoms with Crippen LogP contribution in [0.4, 0.5) is 13.2 Å². The van der Waals surface area contributed by atoms with Crippen molar-refractivity contribution in [2.24, 2.45) is 5.16 Å². The Morgan fingerprint density at radius 1 is 1.21 bits per heavy atom. The highest BCUT2D eigenvalue weighted by Gasteiger charge is 2.30. The van der Waals surface area contributed by atoms with E-state index in [9.17, 15) is 13.2 Å². The van der Waals surface area contributed by atoms with Gasteiger partial charge in [0.1, 0.15) is 12.0 Å². The van der Waals surface area contributed by atoms with E-state index in [0.717, 1.165) is 12.1 Å². The smallest absolute Gasteiger partial charge is 0.410 e. The number of oxime groups is 1. The van der Waals surface area contributed by atoms with Crippen molar-refractivity contribution in [2.75, 3.05) is 0 Å². The van der Waals surface area contributed by atoms with Gasteiger partial charge >= 0.3 is 6.18 Å². The molecule has 0 saturated carbocycles. The summed E-state index contributed by atoms with van der Waals surface area (Å²) in [5.41, 5.74) is -0.512. The zero-order chi connectivity index (χ0) is 13.9. The molecule has 0 atom stereocenters. The quantitative estimate of drug-likeness (QED) is 0.517. The fraction of sp³-hybridized carbons (Fsp3) is 0.0833. The summed E-state index contributed by atoms with van der Waals surface area (Å²) in [4.78, 5) is 7.52. The largest absolute Gasteiger partial charge is 0.416 e. The van der Waals surface area contributed by atoms with Crippen LogP contribution in [0.1, 0.15) is 16.8 Å². The maximum atomic E-state index is 12.6. The normalized spacial score (nSPS) is 12.5. The Labute approximate surface area is 106 Å². The van der Waals surface area contributed by atoms with Crippen molar-refractivity contribution in [1.82, 2.24) is 9.97 Å². The number of hydrogen-bond acceptors (Lipinski definition) is 4. The van der Waals surface area contributed by atoms with Gasteiger partial charge in [-0.15, -0.1) is 0 Å². The second kappa shape index (κ2) is 5.05. The van der Waals surface area contributed by atoms with Crippen molar-refractivity contribution in [2.45, 2.75) is 6.18 Å². The molecule has 4 nitrogen and oxygen atoms in total. The molecule has 0 bridgehead atoms. The van der Waals surface area contributed by atoms with Crippen LogP contribution in [0, 0.1) is 0 Å². The Kier molecular flexibility index (Phi) is 3.46. The van der Waals surface area contributed by atoms with E-state index in [-0.39, 0.29) is 17.0 Å². The Hall–Kier alpha value is -2.44. The van der Waals surface area contributed by atoms with E-state index in [4.69, 9.17) is 5.21 Å². The van der Waals surface area contributed by atoms with Crippen LogP contribution < -0.4 is 0 Å². The summed E-state index contributed by atoms with van der Waals surface area (Å²) in [6, 6.07) is 5.93. The standard InChI is InChI=1S/C12H8F3N3O/c13-12(14,15)9-3-1-2-8(6-9)11(18-19)10-4-5-16-7-17-10/h1-7,19H. The van der Waals surface area contributed by atoms with Gasteiger partial charge in [0.05, 0.1) is 11.3 Å². The molecular weight excluding hydrogens is 259 g/mol. The lowest BCUT2D eigenvalue weighted by atomic mass is 10.0. The molecule has 0 spiro atoms. The van der Waals surface area contributed by atoms with Crippen LogP contribution in [0.2, 0.25) is 0 Å². The first-order valence-electron chi connectivity index (χ1n) is 5.18. The number of aromatic nitrogens is 2. The van der Waals surface area contributed by atoms with Gasteiger partial charge in [-0.05, 0) is 18.2 Å². The molecule has 7 heteroatoms. The molecule has 1 heterocycles. The Balaban J connectivity index is 2.47. The van der Waals surface area contributed by atoms with Gasteiger partial charge in [-0.3, -0.25) is 0 Å². The lowest BCUT2D eigenvalue weighted by molar-refractivity contribution is -0.137. The van der Waals surface area contributed by atoms with Crippen LogP contribution in [0.15, 0.2) is 48.0 Å². The second-order valence-electron chi connectivity index (χ2n) is 3.62. The maximum absolute atomic E-state index is 12.6. The van der Waals surface area contributed by atoms with E-state index in [0.29, 0.717) is 0 Å². The average molecular weight is 267 g/mol. The maximum Gasteiger partial charge on any atom is 0.416 e. The first-order valence-corrected chi connectivity index (χ1v) is 5.18. The van der Waals surface area contributed by atoms with Crippen molar-refractivity contribution in [1.29, 1.82) is 0 Å². The van der Waals surface area contributed by atoms with Crippen molar-refractivity contribution < 1.29 is 18.4 Å². The molecule has 0 aliphatic heterocycles. The lowest BCUT2D eigenvalue weighted by Crippen LogP contribution is -2.10. The lowest BCUT2D eigenvalue weighted by Gasteiger charge is -2.09. The molecule has 2 rings (SSSR count). The van der Waals surface area contributed by atoms with E-state index < -0.39 is 11.7 Å². The molecule has 19 heavy (non-hydrogen) atoms. The number of hydrogen-bond donors (Lipinski definition) is 1. The summed E-state index contributed by atoms with van der Waals surface area (Å²) in [6.07, 6.45) is -1.84. The third-order valence-corrected chi connectivity index (χ3v) is 2.39. The van der Waals surface area contributed by atoms with Crippen molar-refractivity contribution in [3.05, 3.63) is 59.7 Å². The molecular formula is C12H8F3N3O. The van der Waals surface area contributed by atoms with Crippen molar-refractivity contribution in [3.8, 4) is 0 Å². The monoisotopic (exact) mass is 267 g/mol. The molecule has 0 amide bonds. The Bertz CT molecular complexity index is 597. The third kappa shape index (κ3) is 2.87. The minimum Gasteiger partial charge on any atom is -0.410 e. The number of rotatable bonds is 2. The Morgan fingerprint density at radius 2 is 2.00 bits per heavy atom. The first-order chi connectivity index (χ1) is 9.02. The fourth-order valence-corrected chi connectivity index (χ4v) is 1.53. The molecule has 0 fully saturated rings. The molecule has 98 valence electrons. The minimum absolute atomic E-state index is 0.0477. The molecule has 0 aliphatic carbocycles. The van der Waals surface area contributed by atoms with Gasteiger partial charge in [-0.1, -0.05) is 17.3 Å². The van der Waals surface area contributed by atoms with Crippen LogP contribution in [-0.4, -0.2) is 20.9 Å². The van der Waals surface area contributed by atoms with E-state index >= 15 is 0 Å². The molecule has 2 aromatic rings. The number of halogens is 3. The summed E-state index contributed by atoms with van der Waals surface area (Å²) < 4.78 is 37.8. The summed E-state index contributed by atoms with van der Waals surface area (Å²) >= 11 is 0. The highest BCUT2D eigenvalue weighted by atomic mass is 19.4. The van der Waals surface area contributed by atoms with E-state index in [1.807, 2.05) is 0 Å². The molecule has 0 radical (unpaired) electrons. The van der Waals surface area contributed by atoms with E-state index in [2.05, 4.69) is 15.1 Å². The molecule has 0 unspecified atom stereocenters. The van der Waals surface area contributed by atoms with Gasteiger partial charge in [-0.2, -0.15) is 13.2 Å². The minimum atomic E-state index is -4.46. The van der Waals surface area contributed by atoms with Crippen LogP contribution in [0.5, 0.6) is 0 Å². The van der Waals surface area contributed by atoms with Crippen molar-refractivity contribution >= 4 is 5.71 Å². The van der Waals surface area contributed by atoms with Gasteiger partial charge in [0.2, 0.25) is 0 Å². The fourth-order valence-electron chi connectivity index (χ4n) is 1.53. The van der Waals surface area contributed by atoms with Crippen LogP contribution >= 0.6 is 0 Å². The molecule has 0 aliphatic rings. The SMILES string of the molecule is ON=C(c1cccc(C(F)(F)F)c1)c1ccncn1. The Morgan fingerprint density at radius 3 is 2.58 bits per heavy atom. The van der Waals surface area contributed by atoms with Crippen LogP contribution in [0.25, 0.3) is 0 Å². The van der Waals surface area contributed by atoms with Crippen LogP contribution in [0.3, 0.4) is 0 Å². The van der Waals surface area contributed by atoms with Gasteiger partial charge in [0.15, 0.2) is 0 Å². The zero-order valence-corrected chi connectivity index (χ0v) is 9.46. The highest BCUT2D eigenvalue weighted by molar-refractivity contribution is 6.11. The molecule has 1 aromatic carbocycles. The zero-order valence-electron chi connectivity index (χ0n) is 9.46. The molecule has 1 N–H and O–H groups in total. The number of alkyl halides is 3. The van der Waals surface area contributed by atoms with E-state index in [1.165, 1.54) is 30.7 Å². The van der Waals surface area contributed by atoms with Gasteiger partial charge in [0, 0.05) is 11.8 Å². The van der Waals surface area contributed by atoms with Gasteiger partial charge < -0.3 is 5.21 Å². The van der Waals surface area contributed by atoms with Gasteiger partial charge in [0.25, 0.3) is 0 Å². The van der Waals surface area contributed by atoms with E-state index in [1.54, 1.807) is 0 Å². The summed E-state index contributed by atoms with van der Waals surface area (Å²) in [6.45, 7) is 0. The number of benzene rings is 1. The number of nitrogens with zero attached hydrogens (tertiary/aromatic N) is 3. The second-order valence-corrected chi connectivity index (χ2v) is 3.62. The predicted octanol–water partition coefficient (Wildman–Crippen LogP) is 2.72. The van der Waals surface area contributed by atoms with Crippen LogP contribution in [-0.2, 0) is 6.18 Å². The van der Waals surface area contributed by atoms with Crippen molar-refractivity contribution in [3.63, 3.8) is 0 Å². The summed E-state index contributed by atoms with van der Waals surface area (Å²) in [5, 5.41) is 12.0. The summed E-state index contributed by atoms with van der Waals surface area (Å²) in [5.74, 6) is 0. The summed E-state index contributed by atoms with van der Waals surface area (Å²) in [7, 11) is 0. The predicted molar refractivity (Wildman–Crippen MR) is 60.9 cm³/mol. The average Bonchev–Trinajstić information content (AvgIpc) is 2.40. The highest BCUT2D eigenvalue weighted by Crippen LogP contribution is 2.29. The van der Waals surface area contributed by atoms with Gasteiger partial charge in [-0.25, -0.2) is 9.97 Å². The molecule has 0 saturated heterocycles. The topological polar surface area (TPSA) is 58.4 Å².